The Morgan fingerprint density at radius 1 is 1.00 bits per heavy atom. The Morgan fingerprint density at radius 2 is 1.57 bits per heavy atom. The minimum atomic E-state index is -1.37. The third-order valence-electron chi connectivity index (χ3n) is 4.56. The molecule has 1 fully saturated rings. The lowest BCUT2D eigenvalue weighted by molar-refractivity contribution is 0.265. The molecule has 0 unspecified atom stereocenters. The summed E-state index contributed by atoms with van der Waals surface area (Å²) in [7, 11) is 0. The van der Waals surface area contributed by atoms with Gasteiger partial charge in [0.25, 0.3) is 0 Å². The van der Waals surface area contributed by atoms with Crippen molar-refractivity contribution in [1.82, 2.24) is 0 Å². The molecule has 1 aliphatic rings. The summed E-state index contributed by atoms with van der Waals surface area (Å²) >= 11 is 0. The van der Waals surface area contributed by atoms with Crippen molar-refractivity contribution in [1.29, 1.82) is 0 Å². The zero-order valence-electron chi connectivity index (χ0n) is 12.5. The fourth-order valence-electron chi connectivity index (χ4n) is 3.21. The number of rotatable bonds is 5. The summed E-state index contributed by atoms with van der Waals surface area (Å²) < 4.78 is 39.2. The molecule has 0 atom stereocenters. The van der Waals surface area contributed by atoms with Crippen LogP contribution in [0.2, 0.25) is 0 Å². The molecule has 1 aromatic rings. The summed E-state index contributed by atoms with van der Waals surface area (Å²) in [5.41, 5.74) is 0.558. The van der Waals surface area contributed by atoms with Crippen LogP contribution in [-0.4, -0.2) is 0 Å². The van der Waals surface area contributed by atoms with E-state index in [4.69, 9.17) is 0 Å². The third kappa shape index (κ3) is 4.62. The Balaban J connectivity index is 1.80. The van der Waals surface area contributed by atoms with E-state index in [-0.39, 0.29) is 0 Å². The number of hydrogen-bond acceptors (Lipinski definition) is 0. The van der Waals surface area contributed by atoms with Crippen LogP contribution in [0.3, 0.4) is 0 Å². The van der Waals surface area contributed by atoms with Gasteiger partial charge in [-0.1, -0.05) is 25.0 Å². The molecule has 1 saturated carbocycles. The molecule has 0 aliphatic heterocycles. The molecule has 0 bridgehead atoms. The predicted octanol–water partition coefficient (Wildman–Crippen LogP) is 5.81. The zero-order valence-corrected chi connectivity index (χ0v) is 12.5. The minimum Gasteiger partial charge on any atom is -0.204 e. The monoisotopic (exact) mass is 296 g/mol. The van der Waals surface area contributed by atoms with E-state index in [1.165, 1.54) is 25.7 Å². The second-order valence-electron chi connectivity index (χ2n) is 6.10. The number of allylic oxidation sites excluding steroid dienone is 2. The van der Waals surface area contributed by atoms with Gasteiger partial charge < -0.3 is 0 Å². The topological polar surface area (TPSA) is 0 Å². The van der Waals surface area contributed by atoms with Crippen molar-refractivity contribution in [2.45, 2.75) is 51.9 Å². The van der Waals surface area contributed by atoms with E-state index in [1.807, 2.05) is 6.92 Å². The van der Waals surface area contributed by atoms with Crippen molar-refractivity contribution < 1.29 is 13.2 Å². The number of hydrogen-bond donors (Lipinski definition) is 0. The molecule has 1 aliphatic carbocycles. The molecule has 3 heteroatoms. The second kappa shape index (κ2) is 7.67. The molecule has 0 radical (unpaired) electrons. The van der Waals surface area contributed by atoms with Gasteiger partial charge in [0.2, 0.25) is 0 Å². The molecule has 0 amide bonds. The summed E-state index contributed by atoms with van der Waals surface area (Å²) in [6, 6.07) is 2.24. The smallest absolute Gasteiger partial charge is 0.194 e. The van der Waals surface area contributed by atoms with Crippen LogP contribution in [0.5, 0.6) is 0 Å². The lowest BCUT2D eigenvalue weighted by Crippen LogP contribution is -2.14. The van der Waals surface area contributed by atoms with Gasteiger partial charge in [-0.2, -0.15) is 0 Å². The fraction of sp³-hybridized carbons (Fsp3) is 0.556. The number of aryl methyl sites for hydroxylation is 1. The molecular weight excluding hydrogens is 273 g/mol. The average Bonchev–Trinajstić information content (AvgIpc) is 2.49. The van der Waals surface area contributed by atoms with Gasteiger partial charge in [-0.05, 0) is 68.6 Å². The maximum atomic E-state index is 13.2. The van der Waals surface area contributed by atoms with E-state index in [9.17, 15) is 13.2 Å². The first-order valence-corrected chi connectivity index (χ1v) is 7.84. The summed E-state index contributed by atoms with van der Waals surface area (Å²) in [6.07, 6.45) is 11.9. The zero-order chi connectivity index (χ0) is 15.2. The highest BCUT2D eigenvalue weighted by Gasteiger charge is 2.20. The lowest BCUT2D eigenvalue weighted by atomic mass is 9.78. The van der Waals surface area contributed by atoms with Crippen molar-refractivity contribution in [3.05, 3.63) is 47.3 Å². The Bertz CT molecular complexity index is 462. The quantitative estimate of drug-likeness (QED) is 0.475. The summed E-state index contributed by atoms with van der Waals surface area (Å²) in [4.78, 5) is 0. The van der Waals surface area contributed by atoms with Crippen LogP contribution in [-0.2, 0) is 6.42 Å². The molecule has 2 rings (SSSR count). The van der Waals surface area contributed by atoms with Crippen LogP contribution >= 0.6 is 0 Å². The fourth-order valence-corrected chi connectivity index (χ4v) is 3.21. The maximum Gasteiger partial charge on any atom is 0.194 e. The van der Waals surface area contributed by atoms with E-state index in [1.54, 1.807) is 0 Å². The van der Waals surface area contributed by atoms with Crippen LogP contribution in [0.15, 0.2) is 24.3 Å². The van der Waals surface area contributed by atoms with E-state index < -0.39 is 17.5 Å². The minimum absolute atomic E-state index is 0.558. The van der Waals surface area contributed by atoms with Crippen molar-refractivity contribution in [2.24, 2.45) is 11.8 Å². The standard InChI is InChI=1S/C18H23F3/c1-2-3-4-13-5-7-14(8-6-13)9-10-15-11-16(19)18(21)17(20)12-15/h2-3,11-14H,4-10H2,1H3. The van der Waals surface area contributed by atoms with Crippen LogP contribution in [0, 0.1) is 29.3 Å². The highest BCUT2D eigenvalue weighted by atomic mass is 19.2. The van der Waals surface area contributed by atoms with Gasteiger partial charge in [0.15, 0.2) is 17.5 Å². The molecule has 0 saturated heterocycles. The summed E-state index contributed by atoms with van der Waals surface area (Å²) in [6.45, 7) is 2.05. The molecule has 1 aromatic carbocycles. The number of benzene rings is 1. The Morgan fingerprint density at radius 3 is 2.14 bits per heavy atom. The molecule has 0 spiro atoms. The molecular formula is C18H23F3. The van der Waals surface area contributed by atoms with E-state index >= 15 is 0 Å². The van der Waals surface area contributed by atoms with Crippen molar-refractivity contribution in [2.75, 3.05) is 0 Å². The van der Waals surface area contributed by atoms with E-state index in [0.29, 0.717) is 17.9 Å². The highest BCUT2D eigenvalue weighted by molar-refractivity contribution is 5.19. The average molecular weight is 296 g/mol. The first-order chi connectivity index (χ1) is 10.1. The van der Waals surface area contributed by atoms with Gasteiger partial charge in [-0.15, -0.1) is 0 Å². The van der Waals surface area contributed by atoms with Crippen molar-refractivity contribution in [3.8, 4) is 0 Å². The van der Waals surface area contributed by atoms with Crippen molar-refractivity contribution >= 4 is 0 Å². The third-order valence-corrected chi connectivity index (χ3v) is 4.56. The molecule has 21 heavy (non-hydrogen) atoms. The van der Waals surface area contributed by atoms with Gasteiger partial charge in [-0.3, -0.25) is 0 Å². The Labute approximate surface area is 125 Å². The van der Waals surface area contributed by atoms with Crippen molar-refractivity contribution in [3.63, 3.8) is 0 Å². The summed E-state index contributed by atoms with van der Waals surface area (Å²) in [5.74, 6) is -2.12. The Hall–Kier alpha value is -1.25. The van der Waals surface area contributed by atoms with Gasteiger partial charge in [0.05, 0.1) is 0 Å². The van der Waals surface area contributed by atoms with Crippen LogP contribution in [0.25, 0.3) is 0 Å². The SMILES string of the molecule is CC=CCC1CCC(CCc2cc(F)c(F)c(F)c2)CC1. The van der Waals surface area contributed by atoms with E-state index in [2.05, 4.69) is 12.2 Å². The van der Waals surface area contributed by atoms with E-state index in [0.717, 1.165) is 30.9 Å². The first kappa shape index (κ1) is 16.1. The van der Waals surface area contributed by atoms with Crippen LogP contribution in [0.1, 0.15) is 51.0 Å². The van der Waals surface area contributed by atoms with Gasteiger partial charge >= 0.3 is 0 Å². The molecule has 0 heterocycles. The molecule has 116 valence electrons. The molecule has 0 nitrogen and oxygen atoms in total. The predicted molar refractivity (Wildman–Crippen MR) is 79.5 cm³/mol. The van der Waals surface area contributed by atoms with Crippen LogP contribution in [0.4, 0.5) is 13.2 Å². The highest BCUT2D eigenvalue weighted by Crippen LogP contribution is 2.33. The molecule has 0 N–H and O–H groups in total. The van der Waals surface area contributed by atoms with Gasteiger partial charge in [-0.25, -0.2) is 13.2 Å². The van der Waals surface area contributed by atoms with Gasteiger partial charge in [0.1, 0.15) is 0 Å². The Kier molecular flexibility index (Phi) is 5.89. The summed E-state index contributed by atoms with van der Waals surface area (Å²) in [5, 5.41) is 0. The first-order valence-electron chi connectivity index (χ1n) is 7.84. The largest absolute Gasteiger partial charge is 0.204 e. The second-order valence-corrected chi connectivity index (χ2v) is 6.10. The maximum absolute atomic E-state index is 13.2. The number of halogens is 3. The molecule has 0 aromatic heterocycles. The lowest BCUT2D eigenvalue weighted by Gasteiger charge is -2.28. The van der Waals surface area contributed by atoms with Gasteiger partial charge in [0, 0.05) is 0 Å². The van der Waals surface area contributed by atoms with Crippen LogP contribution < -0.4 is 0 Å². The normalized spacial score (nSPS) is 22.9.